The van der Waals surface area contributed by atoms with Crippen LogP contribution in [0.15, 0.2) is 0 Å². The van der Waals surface area contributed by atoms with Crippen LogP contribution in [0.2, 0.25) is 0 Å². The summed E-state index contributed by atoms with van der Waals surface area (Å²) >= 11 is 0. The highest BCUT2D eigenvalue weighted by Crippen LogP contribution is 2.00. The molecule has 0 saturated heterocycles. The summed E-state index contributed by atoms with van der Waals surface area (Å²) in [4.78, 5) is 2.45. The Kier molecular flexibility index (Phi) is 8.27. The van der Waals surface area contributed by atoms with Crippen molar-refractivity contribution in [2.75, 3.05) is 19.6 Å². The Bertz CT molecular complexity index is 119. The third kappa shape index (κ3) is 6.24. The minimum Gasteiger partial charge on any atom is -0.304 e. The lowest BCUT2D eigenvalue weighted by atomic mass is 10.2. The summed E-state index contributed by atoms with van der Waals surface area (Å²) < 4.78 is 0. The van der Waals surface area contributed by atoms with E-state index in [2.05, 4.69) is 24.7 Å². The Morgan fingerprint density at radius 3 is 2.25 bits per heavy atom. The minimum absolute atomic E-state index is 0.943. The summed E-state index contributed by atoms with van der Waals surface area (Å²) in [6.45, 7) is 8.00. The second-order valence-electron chi connectivity index (χ2n) is 3.04. The summed E-state index contributed by atoms with van der Waals surface area (Å²) in [6, 6.07) is 0. The molecule has 0 heterocycles. The Morgan fingerprint density at radius 1 is 1.08 bits per heavy atom. The normalized spacial score (nSPS) is 10.2. The quantitative estimate of drug-likeness (QED) is 0.416. The van der Waals surface area contributed by atoms with E-state index in [1.54, 1.807) is 0 Å². The first-order valence-corrected chi connectivity index (χ1v) is 5.01. The molecule has 0 aromatic rings. The van der Waals surface area contributed by atoms with E-state index in [0.717, 1.165) is 6.42 Å². The largest absolute Gasteiger partial charge is 0.304 e. The van der Waals surface area contributed by atoms with E-state index in [4.69, 9.17) is 6.42 Å². The molecule has 12 heavy (non-hydrogen) atoms. The molecule has 0 saturated carbocycles. The lowest BCUT2D eigenvalue weighted by molar-refractivity contribution is 0.296. The van der Waals surface area contributed by atoms with Gasteiger partial charge >= 0.3 is 0 Å². The van der Waals surface area contributed by atoms with Gasteiger partial charge in [0.1, 0.15) is 0 Å². The maximum atomic E-state index is 5.16. The van der Waals surface area contributed by atoms with E-state index in [9.17, 15) is 0 Å². The molecule has 1 heteroatoms. The van der Waals surface area contributed by atoms with Crippen LogP contribution < -0.4 is 0 Å². The molecule has 0 unspecified atom stereocenters. The molecule has 0 bridgehead atoms. The van der Waals surface area contributed by atoms with E-state index in [1.165, 1.54) is 38.9 Å². The average molecular weight is 167 g/mol. The first-order chi connectivity index (χ1) is 5.85. The molecule has 0 aliphatic heterocycles. The summed E-state index contributed by atoms with van der Waals surface area (Å²) in [6.07, 6.45) is 9.87. The number of unbranched alkanes of at least 4 members (excludes halogenated alkanes) is 3. The maximum Gasteiger partial charge on any atom is 0.00860 e. The predicted octanol–water partition coefficient (Wildman–Crippen LogP) is 2.52. The van der Waals surface area contributed by atoms with Gasteiger partial charge in [0.15, 0.2) is 0 Å². The van der Waals surface area contributed by atoms with Gasteiger partial charge in [0, 0.05) is 6.42 Å². The van der Waals surface area contributed by atoms with E-state index in [0.29, 0.717) is 0 Å². The van der Waals surface area contributed by atoms with E-state index < -0.39 is 0 Å². The van der Waals surface area contributed by atoms with Crippen LogP contribution >= 0.6 is 0 Å². The number of hydrogen-bond acceptors (Lipinski definition) is 1. The molecule has 0 aromatic heterocycles. The molecule has 0 fully saturated rings. The Morgan fingerprint density at radius 2 is 1.75 bits per heavy atom. The van der Waals surface area contributed by atoms with Crippen LogP contribution in [-0.2, 0) is 0 Å². The first-order valence-electron chi connectivity index (χ1n) is 5.01. The zero-order chi connectivity index (χ0) is 9.23. The summed E-state index contributed by atoms with van der Waals surface area (Å²) in [5.74, 6) is 2.67. The Balaban J connectivity index is 3.13. The van der Waals surface area contributed by atoms with Gasteiger partial charge in [-0.15, -0.1) is 12.3 Å². The summed E-state index contributed by atoms with van der Waals surface area (Å²) in [5.41, 5.74) is 0. The highest BCUT2D eigenvalue weighted by atomic mass is 15.1. The average Bonchev–Trinajstić information content (AvgIpc) is 2.11. The number of hydrogen-bond donors (Lipinski definition) is 0. The minimum atomic E-state index is 0.943. The van der Waals surface area contributed by atoms with Crippen LogP contribution in [0.1, 0.15) is 39.5 Å². The molecular weight excluding hydrogens is 146 g/mol. The van der Waals surface area contributed by atoms with Crippen LogP contribution in [0.4, 0.5) is 0 Å². The van der Waals surface area contributed by atoms with Gasteiger partial charge < -0.3 is 4.90 Å². The molecule has 0 aromatic carbocycles. The van der Waals surface area contributed by atoms with E-state index in [1.807, 2.05) is 0 Å². The molecule has 0 atom stereocenters. The van der Waals surface area contributed by atoms with Crippen LogP contribution in [-0.4, -0.2) is 24.5 Å². The van der Waals surface area contributed by atoms with E-state index >= 15 is 0 Å². The van der Waals surface area contributed by atoms with Crippen LogP contribution in [0.5, 0.6) is 0 Å². The van der Waals surface area contributed by atoms with E-state index in [-0.39, 0.29) is 0 Å². The third-order valence-corrected chi connectivity index (χ3v) is 2.19. The predicted molar refractivity (Wildman–Crippen MR) is 55.1 cm³/mol. The number of nitrogens with zero attached hydrogens (tertiary/aromatic N) is 1. The van der Waals surface area contributed by atoms with Crippen molar-refractivity contribution in [1.29, 1.82) is 0 Å². The van der Waals surface area contributed by atoms with Crippen molar-refractivity contribution in [3.05, 3.63) is 0 Å². The first kappa shape index (κ1) is 11.5. The van der Waals surface area contributed by atoms with Gasteiger partial charge in [-0.05, 0) is 32.5 Å². The van der Waals surface area contributed by atoms with Crippen molar-refractivity contribution < 1.29 is 0 Å². The van der Waals surface area contributed by atoms with Crippen LogP contribution in [0.3, 0.4) is 0 Å². The molecule has 0 amide bonds. The topological polar surface area (TPSA) is 3.24 Å². The highest BCUT2D eigenvalue weighted by Gasteiger charge is 1.96. The second kappa shape index (κ2) is 8.62. The molecular formula is C11H21N. The van der Waals surface area contributed by atoms with Crippen molar-refractivity contribution in [1.82, 2.24) is 4.90 Å². The molecule has 70 valence electrons. The van der Waals surface area contributed by atoms with Gasteiger partial charge in [-0.25, -0.2) is 0 Å². The fourth-order valence-electron chi connectivity index (χ4n) is 1.28. The van der Waals surface area contributed by atoms with Crippen molar-refractivity contribution in [2.45, 2.75) is 39.5 Å². The zero-order valence-electron chi connectivity index (χ0n) is 8.47. The van der Waals surface area contributed by atoms with Gasteiger partial charge in [0.25, 0.3) is 0 Å². The van der Waals surface area contributed by atoms with Crippen molar-refractivity contribution >= 4 is 0 Å². The Hall–Kier alpha value is -0.480. The Labute approximate surface area is 77.1 Å². The zero-order valence-corrected chi connectivity index (χ0v) is 8.47. The standard InChI is InChI=1S/C11H21N/c1-4-7-8-9-10-11-12(5-2)6-3/h1H,5-11H2,2-3H3. The smallest absolute Gasteiger partial charge is 0.00860 e. The van der Waals surface area contributed by atoms with Crippen molar-refractivity contribution in [3.63, 3.8) is 0 Å². The third-order valence-electron chi connectivity index (χ3n) is 2.19. The molecule has 0 radical (unpaired) electrons. The van der Waals surface area contributed by atoms with Crippen molar-refractivity contribution in [2.24, 2.45) is 0 Å². The van der Waals surface area contributed by atoms with Gasteiger partial charge in [-0.1, -0.05) is 20.3 Å². The molecule has 0 aliphatic carbocycles. The lowest BCUT2D eigenvalue weighted by Gasteiger charge is -2.17. The number of terminal acetylenes is 1. The maximum absolute atomic E-state index is 5.16. The van der Waals surface area contributed by atoms with Gasteiger partial charge in [-0.3, -0.25) is 0 Å². The van der Waals surface area contributed by atoms with Gasteiger partial charge in [0.05, 0.1) is 0 Å². The monoisotopic (exact) mass is 167 g/mol. The summed E-state index contributed by atoms with van der Waals surface area (Å²) in [5, 5.41) is 0. The van der Waals surface area contributed by atoms with Crippen molar-refractivity contribution in [3.8, 4) is 12.3 Å². The molecule has 0 aliphatic rings. The lowest BCUT2D eigenvalue weighted by Crippen LogP contribution is -2.23. The fourth-order valence-corrected chi connectivity index (χ4v) is 1.28. The SMILES string of the molecule is C#CCCCCCN(CC)CC. The fraction of sp³-hybridized carbons (Fsp3) is 0.818. The second-order valence-corrected chi connectivity index (χ2v) is 3.04. The highest BCUT2D eigenvalue weighted by molar-refractivity contribution is 4.82. The van der Waals surface area contributed by atoms with Crippen LogP contribution in [0, 0.1) is 12.3 Å². The molecule has 0 N–H and O–H groups in total. The number of rotatable bonds is 7. The molecule has 1 nitrogen and oxygen atoms in total. The van der Waals surface area contributed by atoms with Gasteiger partial charge in [0.2, 0.25) is 0 Å². The van der Waals surface area contributed by atoms with Crippen LogP contribution in [0.25, 0.3) is 0 Å². The molecule has 0 rings (SSSR count). The van der Waals surface area contributed by atoms with Gasteiger partial charge in [-0.2, -0.15) is 0 Å². The molecule has 0 spiro atoms. The summed E-state index contributed by atoms with van der Waals surface area (Å²) in [7, 11) is 0.